The lowest BCUT2D eigenvalue weighted by Crippen LogP contribution is -2.21. The molecule has 2 N–H and O–H groups in total. The van der Waals surface area contributed by atoms with Crippen LogP contribution in [0.4, 0.5) is 5.69 Å². The van der Waals surface area contributed by atoms with Crippen LogP contribution in [0.15, 0.2) is 64.2 Å². The van der Waals surface area contributed by atoms with Gasteiger partial charge in [-0.1, -0.05) is 35.9 Å². The molecule has 3 aromatic rings. The predicted molar refractivity (Wildman–Crippen MR) is 83.0 cm³/mol. The number of hydrogen-bond acceptors (Lipinski definition) is 4. The molecule has 0 bridgehead atoms. The second-order valence-corrected chi connectivity index (χ2v) is 5.00. The van der Waals surface area contributed by atoms with Crippen molar-refractivity contribution in [2.45, 2.75) is 0 Å². The molecule has 22 heavy (non-hydrogen) atoms. The maximum atomic E-state index is 12.4. The zero-order valence-electron chi connectivity index (χ0n) is 11.3. The first kappa shape index (κ1) is 14.2. The lowest BCUT2D eigenvalue weighted by atomic mass is 10.1. The average molecular weight is 315 g/mol. The zero-order chi connectivity index (χ0) is 15.5. The van der Waals surface area contributed by atoms with Crippen LogP contribution >= 0.6 is 11.6 Å². The van der Waals surface area contributed by atoms with Crippen molar-refractivity contribution in [3.05, 3.63) is 70.7 Å². The number of nitrogens with one attached hydrogen (secondary N) is 1. The summed E-state index contributed by atoms with van der Waals surface area (Å²) in [5, 5.41) is 16.0. The monoisotopic (exact) mass is 314 g/mol. The molecule has 1 amide bonds. The lowest BCUT2D eigenvalue weighted by Gasteiger charge is -2.06. The molecule has 0 saturated carbocycles. The van der Waals surface area contributed by atoms with E-state index in [4.69, 9.17) is 21.2 Å². The summed E-state index contributed by atoms with van der Waals surface area (Å²) in [4.78, 5) is 12.4. The maximum Gasteiger partial charge on any atom is 0.268 e. The molecular formula is C16H11ClN2O3. The SMILES string of the molecule is O=C(Nc1cccc(Cl)c1)c1cc2ccccc2o/c1=N\O. The van der Waals surface area contributed by atoms with Crippen LogP contribution in [0, 0.1) is 0 Å². The molecule has 3 rings (SSSR count). The van der Waals surface area contributed by atoms with Gasteiger partial charge in [-0.2, -0.15) is 0 Å². The van der Waals surface area contributed by atoms with Gasteiger partial charge in [0.05, 0.1) is 0 Å². The first-order chi connectivity index (χ1) is 10.7. The molecule has 2 aromatic carbocycles. The molecule has 0 aliphatic rings. The topological polar surface area (TPSA) is 74.8 Å². The summed E-state index contributed by atoms with van der Waals surface area (Å²) >= 11 is 5.88. The molecule has 5 nitrogen and oxygen atoms in total. The van der Waals surface area contributed by atoms with Crippen LogP contribution in [0.25, 0.3) is 11.0 Å². The predicted octanol–water partition coefficient (Wildman–Crippen LogP) is 3.63. The summed E-state index contributed by atoms with van der Waals surface area (Å²) in [6.07, 6.45) is 0. The lowest BCUT2D eigenvalue weighted by molar-refractivity contribution is 0.102. The number of carbonyl (C=O) groups is 1. The highest BCUT2D eigenvalue weighted by molar-refractivity contribution is 6.31. The van der Waals surface area contributed by atoms with Crippen molar-refractivity contribution >= 4 is 34.2 Å². The fraction of sp³-hybridized carbons (Fsp3) is 0. The van der Waals surface area contributed by atoms with E-state index < -0.39 is 5.91 Å². The number of anilines is 1. The molecule has 0 aliphatic carbocycles. The Labute approximate surface area is 130 Å². The van der Waals surface area contributed by atoms with Gasteiger partial charge < -0.3 is 14.9 Å². The summed E-state index contributed by atoms with van der Waals surface area (Å²) in [6, 6.07) is 15.5. The van der Waals surface area contributed by atoms with Crippen LogP contribution in [-0.4, -0.2) is 11.1 Å². The fourth-order valence-corrected chi connectivity index (χ4v) is 2.26. The molecule has 0 saturated heterocycles. The van der Waals surface area contributed by atoms with Gasteiger partial charge in [0, 0.05) is 16.1 Å². The summed E-state index contributed by atoms with van der Waals surface area (Å²) in [7, 11) is 0. The minimum atomic E-state index is -0.454. The van der Waals surface area contributed by atoms with Crippen molar-refractivity contribution < 1.29 is 14.4 Å². The second-order valence-electron chi connectivity index (χ2n) is 4.57. The van der Waals surface area contributed by atoms with Crippen LogP contribution in [-0.2, 0) is 0 Å². The highest BCUT2D eigenvalue weighted by Crippen LogP contribution is 2.17. The third-order valence-electron chi connectivity index (χ3n) is 3.07. The Balaban J connectivity index is 2.03. The fourth-order valence-electron chi connectivity index (χ4n) is 2.07. The van der Waals surface area contributed by atoms with Gasteiger partial charge in [0.25, 0.3) is 11.5 Å². The van der Waals surface area contributed by atoms with Gasteiger partial charge >= 0.3 is 0 Å². The van der Waals surface area contributed by atoms with Crippen LogP contribution < -0.4 is 10.9 Å². The van der Waals surface area contributed by atoms with Gasteiger partial charge in [-0.3, -0.25) is 4.79 Å². The summed E-state index contributed by atoms with van der Waals surface area (Å²) in [6.45, 7) is 0. The number of carbonyl (C=O) groups excluding carboxylic acids is 1. The van der Waals surface area contributed by atoms with Crippen molar-refractivity contribution in [2.24, 2.45) is 5.16 Å². The number of amides is 1. The quantitative estimate of drug-likeness (QED) is 0.560. The van der Waals surface area contributed by atoms with Crippen LogP contribution in [0.1, 0.15) is 10.4 Å². The minimum absolute atomic E-state index is 0.126. The van der Waals surface area contributed by atoms with E-state index in [0.717, 1.165) is 5.39 Å². The van der Waals surface area contributed by atoms with Gasteiger partial charge in [-0.15, -0.1) is 0 Å². The first-order valence-electron chi connectivity index (χ1n) is 6.45. The molecule has 0 spiro atoms. The Morgan fingerprint density at radius 3 is 2.73 bits per heavy atom. The number of benzene rings is 2. The van der Waals surface area contributed by atoms with E-state index in [0.29, 0.717) is 16.3 Å². The Morgan fingerprint density at radius 2 is 1.95 bits per heavy atom. The van der Waals surface area contributed by atoms with E-state index in [1.54, 1.807) is 48.5 Å². The molecule has 0 fully saturated rings. The third-order valence-corrected chi connectivity index (χ3v) is 3.31. The molecular weight excluding hydrogens is 304 g/mol. The van der Waals surface area contributed by atoms with Crippen LogP contribution in [0.5, 0.6) is 0 Å². The first-order valence-corrected chi connectivity index (χ1v) is 6.83. The Bertz CT molecular complexity index is 918. The van der Waals surface area contributed by atoms with E-state index in [-0.39, 0.29) is 11.1 Å². The van der Waals surface area contributed by atoms with Crippen LogP contribution in [0.2, 0.25) is 5.02 Å². The maximum absolute atomic E-state index is 12.4. The Hall–Kier alpha value is -2.79. The number of hydrogen-bond donors (Lipinski definition) is 2. The Morgan fingerprint density at radius 1 is 1.14 bits per heavy atom. The molecule has 6 heteroatoms. The highest BCUT2D eigenvalue weighted by Gasteiger charge is 2.13. The van der Waals surface area contributed by atoms with Crippen molar-refractivity contribution in [3.63, 3.8) is 0 Å². The third kappa shape index (κ3) is 2.80. The number of halogens is 1. The van der Waals surface area contributed by atoms with Crippen molar-refractivity contribution in [2.75, 3.05) is 5.32 Å². The molecule has 0 unspecified atom stereocenters. The van der Waals surface area contributed by atoms with Gasteiger partial charge in [-0.25, -0.2) is 0 Å². The largest absolute Gasteiger partial charge is 0.435 e. The zero-order valence-corrected chi connectivity index (χ0v) is 12.0. The normalized spacial score (nSPS) is 11.6. The van der Waals surface area contributed by atoms with E-state index >= 15 is 0 Å². The molecule has 1 heterocycles. The van der Waals surface area contributed by atoms with E-state index in [1.165, 1.54) is 0 Å². The molecule has 0 atom stereocenters. The Kier molecular flexibility index (Phi) is 3.80. The molecule has 110 valence electrons. The molecule has 0 aliphatic heterocycles. The van der Waals surface area contributed by atoms with Crippen LogP contribution in [0.3, 0.4) is 0 Å². The summed E-state index contributed by atoms with van der Waals surface area (Å²) in [5.41, 5.74) is 1.03. The van der Waals surface area contributed by atoms with Gasteiger partial charge in [0.2, 0.25) is 0 Å². The van der Waals surface area contributed by atoms with Gasteiger partial charge in [0.15, 0.2) is 0 Å². The number of rotatable bonds is 2. The van der Waals surface area contributed by atoms with Crippen molar-refractivity contribution in [1.29, 1.82) is 0 Å². The number of nitrogens with zero attached hydrogens (tertiary/aromatic N) is 1. The summed E-state index contributed by atoms with van der Waals surface area (Å²) < 4.78 is 5.42. The summed E-state index contributed by atoms with van der Waals surface area (Å²) in [5.74, 6) is -0.454. The average Bonchev–Trinajstić information content (AvgIpc) is 2.53. The number of fused-ring (bicyclic) bond motifs is 1. The van der Waals surface area contributed by atoms with E-state index in [1.807, 2.05) is 6.07 Å². The smallest absolute Gasteiger partial charge is 0.268 e. The minimum Gasteiger partial charge on any atom is -0.435 e. The standard InChI is InChI=1S/C16H11ClN2O3/c17-11-5-3-6-12(9-11)18-15(20)13-8-10-4-1-2-7-14(10)22-16(13)19-21/h1-9,21H,(H,18,20)/b19-16-. The van der Waals surface area contributed by atoms with E-state index in [9.17, 15) is 4.79 Å². The number of para-hydroxylation sites is 1. The molecule has 0 radical (unpaired) electrons. The highest BCUT2D eigenvalue weighted by atomic mass is 35.5. The molecule has 1 aromatic heterocycles. The van der Waals surface area contributed by atoms with Crippen molar-refractivity contribution in [1.82, 2.24) is 0 Å². The van der Waals surface area contributed by atoms with Crippen molar-refractivity contribution in [3.8, 4) is 0 Å². The second kappa shape index (κ2) is 5.91. The van der Waals surface area contributed by atoms with Gasteiger partial charge in [-0.05, 0) is 35.5 Å². The van der Waals surface area contributed by atoms with Gasteiger partial charge in [0.1, 0.15) is 11.1 Å². The van der Waals surface area contributed by atoms with E-state index in [2.05, 4.69) is 10.5 Å².